The zero-order valence-corrected chi connectivity index (χ0v) is 32.0. The molecule has 0 aliphatic heterocycles. The molecule has 6 aromatic rings. The van der Waals surface area contributed by atoms with Gasteiger partial charge in [-0.15, -0.1) is 0 Å². The molecule has 0 unspecified atom stereocenters. The number of esters is 2. The molecule has 0 spiro atoms. The van der Waals surface area contributed by atoms with Crippen molar-refractivity contribution in [3.8, 4) is 11.5 Å². The summed E-state index contributed by atoms with van der Waals surface area (Å²) in [6, 6.07) is 42.8. The van der Waals surface area contributed by atoms with E-state index in [0.717, 1.165) is 48.4 Å². The van der Waals surface area contributed by atoms with Crippen LogP contribution in [-0.2, 0) is 48.9 Å². The number of carbonyl (C=O) groups excluding carboxylic acids is 2. The SMILES string of the molecule is Cc1cc(C)cc(CNCc2ccc(COC(=O)c3ccc(Oc4ccc(C(=O)OCc5ccc(CNCc6cc(C)cc(C)c6)cc5)cc4)cc3)cc2)c1. The summed E-state index contributed by atoms with van der Waals surface area (Å²) in [6.07, 6.45) is 0. The molecule has 55 heavy (non-hydrogen) atoms. The van der Waals surface area contributed by atoms with Gasteiger partial charge in [0, 0.05) is 26.2 Å². The van der Waals surface area contributed by atoms with Crippen LogP contribution in [0.3, 0.4) is 0 Å². The van der Waals surface area contributed by atoms with E-state index >= 15 is 0 Å². The molecule has 0 bridgehead atoms. The van der Waals surface area contributed by atoms with E-state index in [9.17, 15) is 9.59 Å². The van der Waals surface area contributed by atoms with Crippen LogP contribution in [0.2, 0.25) is 0 Å². The Labute approximate surface area is 324 Å². The maximum atomic E-state index is 12.7. The predicted octanol–water partition coefficient (Wildman–Crippen LogP) is 10.0. The fourth-order valence-corrected chi connectivity index (χ4v) is 6.47. The molecule has 0 heterocycles. The maximum Gasteiger partial charge on any atom is 0.338 e. The van der Waals surface area contributed by atoms with Crippen molar-refractivity contribution in [3.05, 3.63) is 200 Å². The highest BCUT2D eigenvalue weighted by molar-refractivity contribution is 5.90. The van der Waals surface area contributed by atoms with Gasteiger partial charge in [-0.3, -0.25) is 0 Å². The fourth-order valence-electron chi connectivity index (χ4n) is 6.47. The molecule has 7 nitrogen and oxygen atoms in total. The Hall–Kier alpha value is -6.02. The van der Waals surface area contributed by atoms with Gasteiger partial charge in [0.2, 0.25) is 0 Å². The van der Waals surface area contributed by atoms with Crippen molar-refractivity contribution in [1.29, 1.82) is 0 Å². The molecule has 0 radical (unpaired) electrons. The molecule has 0 atom stereocenters. The van der Waals surface area contributed by atoms with E-state index < -0.39 is 11.9 Å². The molecule has 6 rings (SSSR count). The number of aryl methyl sites for hydroxylation is 4. The Bertz CT molecular complexity index is 1990. The molecule has 2 N–H and O–H groups in total. The van der Waals surface area contributed by atoms with Crippen molar-refractivity contribution >= 4 is 11.9 Å². The lowest BCUT2D eigenvalue weighted by Crippen LogP contribution is -2.13. The summed E-state index contributed by atoms with van der Waals surface area (Å²) in [6.45, 7) is 11.9. The zero-order chi connectivity index (χ0) is 38.6. The monoisotopic (exact) mass is 732 g/mol. The fraction of sp³-hybridized carbons (Fsp3) is 0.208. The van der Waals surface area contributed by atoms with Crippen LogP contribution >= 0.6 is 0 Å². The molecule has 7 heteroatoms. The Kier molecular flexibility index (Phi) is 13.3. The third-order valence-electron chi connectivity index (χ3n) is 9.08. The third kappa shape index (κ3) is 12.0. The first-order valence-corrected chi connectivity index (χ1v) is 18.6. The van der Waals surface area contributed by atoms with Crippen LogP contribution in [0.1, 0.15) is 76.4 Å². The molecule has 0 aliphatic carbocycles. The van der Waals surface area contributed by atoms with Gasteiger partial charge in [0.1, 0.15) is 24.7 Å². The van der Waals surface area contributed by atoms with Gasteiger partial charge in [-0.1, -0.05) is 107 Å². The first-order chi connectivity index (χ1) is 26.6. The topological polar surface area (TPSA) is 85.9 Å². The quantitative estimate of drug-likeness (QED) is 0.0959. The highest BCUT2D eigenvalue weighted by atomic mass is 16.5. The largest absolute Gasteiger partial charge is 0.457 e. The minimum atomic E-state index is -0.412. The van der Waals surface area contributed by atoms with Crippen LogP contribution in [0.25, 0.3) is 0 Å². The van der Waals surface area contributed by atoms with Crippen LogP contribution < -0.4 is 15.4 Å². The van der Waals surface area contributed by atoms with Gasteiger partial charge in [-0.05, 0) is 110 Å². The van der Waals surface area contributed by atoms with Gasteiger partial charge in [-0.2, -0.15) is 0 Å². The molecule has 0 aliphatic rings. The number of rotatable bonds is 16. The van der Waals surface area contributed by atoms with E-state index in [1.54, 1.807) is 48.5 Å². The van der Waals surface area contributed by atoms with Gasteiger partial charge in [-0.25, -0.2) is 9.59 Å². The lowest BCUT2D eigenvalue weighted by Gasteiger charge is -2.10. The minimum Gasteiger partial charge on any atom is -0.457 e. The van der Waals surface area contributed by atoms with Crippen LogP contribution in [0.5, 0.6) is 11.5 Å². The highest BCUT2D eigenvalue weighted by Gasteiger charge is 2.11. The van der Waals surface area contributed by atoms with Gasteiger partial charge in [0.25, 0.3) is 0 Å². The predicted molar refractivity (Wildman–Crippen MR) is 217 cm³/mol. The molecule has 0 saturated carbocycles. The summed E-state index contributed by atoms with van der Waals surface area (Å²) >= 11 is 0. The number of hydrogen-bond acceptors (Lipinski definition) is 7. The second-order valence-electron chi connectivity index (χ2n) is 14.1. The summed E-state index contributed by atoms with van der Waals surface area (Å²) in [7, 11) is 0. The van der Waals surface area contributed by atoms with E-state index in [-0.39, 0.29) is 13.2 Å². The third-order valence-corrected chi connectivity index (χ3v) is 9.08. The van der Waals surface area contributed by atoms with Crippen molar-refractivity contribution < 1.29 is 23.8 Å². The number of carbonyl (C=O) groups is 2. The molecule has 0 fully saturated rings. The van der Waals surface area contributed by atoms with Crippen molar-refractivity contribution in [3.63, 3.8) is 0 Å². The van der Waals surface area contributed by atoms with Gasteiger partial charge in [0.05, 0.1) is 11.1 Å². The average Bonchev–Trinajstić information content (AvgIpc) is 3.17. The normalized spacial score (nSPS) is 10.9. The average molecular weight is 733 g/mol. The summed E-state index contributed by atoms with van der Waals surface area (Å²) in [5, 5.41) is 6.99. The van der Waals surface area contributed by atoms with E-state index in [1.807, 2.05) is 48.5 Å². The second-order valence-corrected chi connectivity index (χ2v) is 14.1. The summed E-state index contributed by atoms with van der Waals surface area (Å²) in [5.41, 5.74) is 12.6. The molecule has 0 amide bonds. The number of ether oxygens (including phenoxy) is 3. The Morgan fingerprint density at radius 3 is 1.05 bits per heavy atom. The minimum absolute atomic E-state index is 0.182. The molecule has 280 valence electrons. The van der Waals surface area contributed by atoms with Gasteiger partial charge in [0.15, 0.2) is 0 Å². The van der Waals surface area contributed by atoms with E-state index in [1.165, 1.54) is 33.4 Å². The van der Waals surface area contributed by atoms with Crippen molar-refractivity contribution in [2.45, 2.75) is 67.1 Å². The number of benzene rings is 6. The van der Waals surface area contributed by atoms with Gasteiger partial charge >= 0.3 is 11.9 Å². The molecule has 0 saturated heterocycles. The lowest BCUT2D eigenvalue weighted by atomic mass is 10.1. The number of nitrogens with one attached hydrogen (secondary N) is 2. The molecule has 0 aromatic heterocycles. The zero-order valence-electron chi connectivity index (χ0n) is 32.0. The van der Waals surface area contributed by atoms with Crippen LogP contribution in [-0.4, -0.2) is 11.9 Å². The first kappa shape index (κ1) is 38.7. The van der Waals surface area contributed by atoms with Crippen molar-refractivity contribution in [1.82, 2.24) is 10.6 Å². The second kappa shape index (κ2) is 18.8. The first-order valence-electron chi connectivity index (χ1n) is 18.6. The Morgan fingerprint density at radius 1 is 0.400 bits per heavy atom. The van der Waals surface area contributed by atoms with E-state index in [0.29, 0.717) is 22.6 Å². The summed E-state index contributed by atoms with van der Waals surface area (Å²) < 4.78 is 17.1. The van der Waals surface area contributed by atoms with E-state index in [2.05, 4.69) is 74.7 Å². The van der Waals surface area contributed by atoms with Crippen LogP contribution in [0.15, 0.2) is 133 Å². The standard InChI is InChI=1S/C48H48N2O5/c1-33-21-34(2)24-41(23-33)29-49-27-37-5-9-39(10-6-37)31-53-47(51)43-13-17-45(18-14-43)55-46-19-15-44(16-20-46)48(52)54-32-40-11-7-38(8-12-40)28-50-30-42-25-35(3)22-36(4)26-42/h5-26,49-50H,27-32H2,1-4H3. The molecule has 6 aromatic carbocycles. The summed E-state index contributed by atoms with van der Waals surface area (Å²) in [4.78, 5) is 25.4. The van der Waals surface area contributed by atoms with Gasteiger partial charge < -0.3 is 24.8 Å². The number of hydrogen-bond donors (Lipinski definition) is 2. The van der Waals surface area contributed by atoms with Crippen LogP contribution in [0.4, 0.5) is 0 Å². The van der Waals surface area contributed by atoms with Crippen LogP contribution in [0, 0.1) is 27.7 Å². The molecular formula is C48H48N2O5. The smallest absolute Gasteiger partial charge is 0.338 e. The lowest BCUT2D eigenvalue weighted by molar-refractivity contribution is 0.0464. The van der Waals surface area contributed by atoms with Crippen molar-refractivity contribution in [2.24, 2.45) is 0 Å². The van der Waals surface area contributed by atoms with Crippen molar-refractivity contribution in [2.75, 3.05) is 0 Å². The highest BCUT2D eigenvalue weighted by Crippen LogP contribution is 2.23. The summed E-state index contributed by atoms with van der Waals surface area (Å²) in [5.74, 6) is 0.283. The van der Waals surface area contributed by atoms with E-state index in [4.69, 9.17) is 14.2 Å². The molecular weight excluding hydrogens is 685 g/mol. The Balaban J connectivity index is 0.890. The Morgan fingerprint density at radius 2 is 0.709 bits per heavy atom. The maximum absolute atomic E-state index is 12.7.